The van der Waals surface area contributed by atoms with E-state index in [1.807, 2.05) is 6.92 Å². The van der Waals surface area contributed by atoms with E-state index in [1.54, 1.807) is 13.0 Å². The molecule has 1 rings (SSSR count). The molecule has 0 aliphatic carbocycles. The van der Waals surface area contributed by atoms with Crippen molar-refractivity contribution in [2.75, 3.05) is 0 Å². The van der Waals surface area contributed by atoms with Gasteiger partial charge in [0.2, 0.25) is 0 Å². The lowest BCUT2D eigenvalue weighted by Gasteiger charge is -2.38. The Bertz CT molecular complexity index is 700. The Balaban J connectivity index is 0.00000194. The second-order valence-electron chi connectivity index (χ2n) is 9.02. The van der Waals surface area contributed by atoms with Gasteiger partial charge in [-0.25, -0.2) is 0 Å². The van der Waals surface area contributed by atoms with Crippen molar-refractivity contribution in [3.63, 3.8) is 0 Å². The Morgan fingerprint density at radius 3 is 1.85 bits per heavy atom. The number of hydrogen-bond acceptors (Lipinski definition) is 5. The SMILES string of the molecule is CC(=O)c1c(O[Si](C)(C)C(C)(C)C)cc(O)c(C)c1C(C)(C)C.O=C=O. The molecule has 1 N–H and O–H groups in total. The van der Waals surface area contributed by atoms with Crippen molar-refractivity contribution >= 4 is 20.3 Å². The Morgan fingerprint density at radius 1 is 1.12 bits per heavy atom. The number of hydrogen-bond donors (Lipinski definition) is 1. The Labute approximate surface area is 157 Å². The summed E-state index contributed by atoms with van der Waals surface area (Å²) >= 11 is 0. The van der Waals surface area contributed by atoms with E-state index in [2.05, 4.69) is 54.6 Å². The van der Waals surface area contributed by atoms with E-state index in [9.17, 15) is 9.90 Å². The van der Waals surface area contributed by atoms with Crippen molar-refractivity contribution in [1.29, 1.82) is 0 Å². The van der Waals surface area contributed by atoms with Crippen LogP contribution in [-0.4, -0.2) is 25.4 Å². The zero-order valence-electron chi connectivity index (χ0n) is 17.7. The molecule has 0 aliphatic heterocycles. The molecule has 0 spiro atoms. The van der Waals surface area contributed by atoms with E-state index in [0.29, 0.717) is 11.3 Å². The summed E-state index contributed by atoms with van der Waals surface area (Å²) in [5, 5.41) is 10.4. The number of phenols is 1. The van der Waals surface area contributed by atoms with Crippen LogP contribution in [0.4, 0.5) is 0 Å². The van der Waals surface area contributed by atoms with Gasteiger partial charge in [-0.3, -0.25) is 4.79 Å². The van der Waals surface area contributed by atoms with Crippen LogP contribution in [0.15, 0.2) is 6.07 Å². The fourth-order valence-electron chi connectivity index (χ4n) is 2.54. The highest BCUT2D eigenvalue weighted by atomic mass is 28.4. The van der Waals surface area contributed by atoms with Crippen LogP contribution in [-0.2, 0) is 15.0 Å². The van der Waals surface area contributed by atoms with Crippen molar-refractivity contribution in [1.82, 2.24) is 0 Å². The van der Waals surface area contributed by atoms with Gasteiger partial charge in [-0.15, -0.1) is 0 Å². The first-order chi connectivity index (χ1) is 11.5. The van der Waals surface area contributed by atoms with E-state index >= 15 is 0 Å². The third kappa shape index (κ3) is 5.54. The van der Waals surface area contributed by atoms with E-state index in [4.69, 9.17) is 14.0 Å². The average Bonchev–Trinajstić information content (AvgIpc) is 2.39. The fraction of sp³-hybridized carbons (Fsp3) is 0.600. The summed E-state index contributed by atoms with van der Waals surface area (Å²) in [5.41, 5.74) is 1.98. The van der Waals surface area contributed by atoms with Crippen molar-refractivity contribution in [2.45, 2.75) is 78.9 Å². The fourth-order valence-corrected chi connectivity index (χ4v) is 3.56. The molecule has 0 aliphatic rings. The van der Waals surface area contributed by atoms with Gasteiger partial charge in [0.15, 0.2) is 5.78 Å². The van der Waals surface area contributed by atoms with Crippen LogP contribution < -0.4 is 4.43 Å². The highest BCUT2D eigenvalue weighted by molar-refractivity contribution is 6.74. The second kappa shape index (κ2) is 8.19. The monoisotopic (exact) mass is 380 g/mol. The van der Waals surface area contributed by atoms with Crippen LogP contribution in [0.3, 0.4) is 0 Å². The summed E-state index contributed by atoms with van der Waals surface area (Å²) in [6.45, 7) is 20.3. The number of Topliss-reactive ketones (excluding diaryl/α,β-unsaturated/α-hetero) is 1. The predicted molar refractivity (Wildman–Crippen MR) is 104 cm³/mol. The van der Waals surface area contributed by atoms with Gasteiger partial charge in [0.05, 0.1) is 5.56 Å². The van der Waals surface area contributed by atoms with Crippen molar-refractivity contribution in [3.8, 4) is 11.5 Å². The molecule has 0 aromatic heterocycles. The van der Waals surface area contributed by atoms with Gasteiger partial charge in [0.1, 0.15) is 11.5 Å². The molecule has 0 unspecified atom stereocenters. The number of carbonyl (C=O) groups is 1. The molecule has 0 atom stereocenters. The molecule has 0 saturated carbocycles. The molecule has 0 bridgehead atoms. The van der Waals surface area contributed by atoms with Crippen LogP contribution >= 0.6 is 0 Å². The first-order valence-electron chi connectivity index (χ1n) is 8.57. The van der Waals surface area contributed by atoms with E-state index in [-0.39, 0.29) is 28.1 Å². The molecular formula is C20H32O5Si. The molecule has 0 radical (unpaired) electrons. The molecule has 0 fully saturated rings. The number of benzene rings is 1. The molecule has 0 heterocycles. The molecule has 5 nitrogen and oxygen atoms in total. The molecule has 0 amide bonds. The van der Waals surface area contributed by atoms with Crippen LogP contribution in [0.5, 0.6) is 11.5 Å². The van der Waals surface area contributed by atoms with Gasteiger partial charge in [-0.1, -0.05) is 41.5 Å². The van der Waals surface area contributed by atoms with Gasteiger partial charge in [-0.05, 0) is 48.5 Å². The Hall–Kier alpha value is -1.91. The third-order valence-corrected chi connectivity index (χ3v) is 9.14. The van der Waals surface area contributed by atoms with Gasteiger partial charge in [0, 0.05) is 6.07 Å². The highest BCUT2D eigenvalue weighted by Gasteiger charge is 2.40. The van der Waals surface area contributed by atoms with E-state index in [1.165, 1.54) is 0 Å². The molecule has 1 aromatic carbocycles. The first kappa shape index (κ1) is 24.1. The summed E-state index contributed by atoms with van der Waals surface area (Å²) in [5.74, 6) is 0.692. The minimum absolute atomic E-state index is 0.0173. The van der Waals surface area contributed by atoms with Crippen LogP contribution in [0.25, 0.3) is 0 Å². The smallest absolute Gasteiger partial charge is 0.373 e. The lowest BCUT2D eigenvalue weighted by Crippen LogP contribution is -2.44. The zero-order valence-corrected chi connectivity index (χ0v) is 18.7. The van der Waals surface area contributed by atoms with Crippen LogP contribution in [0.2, 0.25) is 18.1 Å². The number of ketones is 1. The van der Waals surface area contributed by atoms with Crippen molar-refractivity contribution in [3.05, 3.63) is 22.8 Å². The summed E-state index contributed by atoms with van der Waals surface area (Å²) in [4.78, 5) is 28.6. The zero-order chi connectivity index (χ0) is 21.1. The van der Waals surface area contributed by atoms with Crippen LogP contribution in [0.1, 0.15) is 70.0 Å². The van der Waals surface area contributed by atoms with Gasteiger partial charge in [0.25, 0.3) is 8.32 Å². The maximum Gasteiger partial charge on any atom is 0.373 e. The van der Waals surface area contributed by atoms with Gasteiger partial charge in [-0.2, -0.15) is 9.59 Å². The maximum absolute atomic E-state index is 12.4. The van der Waals surface area contributed by atoms with E-state index < -0.39 is 8.32 Å². The third-order valence-electron chi connectivity index (χ3n) is 4.80. The Kier molecular flexibility index (Phi) is 7.59. The minimum atomic E-state index is -2.11. The number of phenolic OH excluding ortho intramolecular Hbond substituents is 1. The van der Waals surface area contributed by atoms with Crippen molar-refractivity contribution in [2.24, 2.45) is 0 Å². The lowest BCUT2D eigenvalue weighted by atomic mass is 9.79. The summed E-state index contributed by atoms with van der Waals surface area (Å²) in [6.07, 6.45) is 0.250. The van der Waals surface area contributed by atoms with Gasteiger partial charge >= 0.3 is 6.15 Å². The average molecular weight is 381 g/mol. The quantitative estimate of drug-likeness (QED) is 0.589. The van der Waals surface area contributed by atoms with Gasteiger partial charge < -0.3 is 9.53 Å². The Morgan fingerprint density at radius 2 is 1.54 bits per heavy atom. The molecule has 6 heteroatoms. The summed E-state index contributed by atoms with van der Waals surface area (Å²) < 4.78 is 6.39. The topological polar surface area (TPSA) is 80.7 Å². The largest absolute Gasteiger partial charge is 0.543 e. The second-order valence-corrected chi connectivity index (χ2v) is 13.7. The number of aromatic hydroxyl groups is 1. The molecule has 0 saturated heterocycles. The maximum atomic E-state index is 12.4. The standard InChI is InChI=1S/C19H32O3Si.CO2/c1-12-14(21)11-15(22-23(9,10)19(6,7)8)16(13(2)20)17(12)18(3,4)5;2-1-3/h11,21H,1-10H3;. The number of rotatable bonds is 3. The predicted octanol–water partition coefficient (Wildman–Crippen LogP) is 5.00. The highest BCUT2D eigenvalue weighted by Crippen LogP contribution is 2.43. The summed E-state index contributed by atoms with van der Waals surface area (Å²) in [7, 11) is -2.11. The first-order valence-corrected chi connectivity index (χ1v) is 11.5. The molecule has 146 valence electrons. The molecule has 1 aromatic rings. The minimum Gasteiger partial charge on any atom is -0.543 e. The van der Waals surface area contributed by atoms with Crippen molar-refractivity contribution < 1.29 is 23.9 Å². The van der Waals surface area contributed by atoms with Crippen LogP contribution in [0, 0.1) is 6.92 Å². The number of carbonyl (C=O) groups excluding carboxylic acids is 3. The molecule has 26 heavy (non-hydrogen) atoms. The molecular weight excluding hydrogens is 348 g/mol. The van der Waals surface area contributed by atoms with E-state index in [0.717, 1.165) is 11.1 Å². The summed E-state index contributed by atoms with van der Waals surface area (Å²) in [6, 6.07) is 1.61. The normalized spacial score (nSPS) is 11.9. The lowest BCUT2D eigenvalue weighted by molar-refractivity contribution is -0.191.